The fraction of sp³-hybridized carbons (Fsp3) is 1.00. The summed E-state index contributed by atoms with van der Waals surface area (Å²) in [5.74, 6) is 0. The molecule has 2 N–H and O–H groups in total. The van der Waals surface area contributed by atoms with Crippen molar-refractivity contribution in [3.63, 3.8) is 0 Å². The lowest BCUT2D eigenvalue weighted by atomic mass is 9.40. The lowest BCUT2D eigenvalue weighted by Crippen LogP contribution is -2.19. The van der Waals surface area contributed by atoms with Gasteiger partial charge < -0.3 is 5.73 Å². The van der Waals surface area contributed by atoms with E-state index in [9.17, 15) is 0 Å². The standard InChI is InChI=1S/C7H16BN/c9-7-6-8-4-2-1-3-5-8/h1-7,9H2. The van der Waals surface area contributed by atoms with Crippen molar-refractivity contribution in [2.75, 3.05) is 6.54 Å². The van der Waals surface area contributed by atoms with Crippen molar-refractivity contribution in [1.82, 2.24) is 0 Å². The van der Waals surface area contributed by atoms with Gasteiger partial charge >= 0.3 is 0 Å². The smallest absolute Gasteiger partial charge is 0.141 e. The van der Waals surface area contributed by atoms with E-state index >= 15 is 0 Å². The summed E-state index contributed by atoms with van der Waals surface area (Å²) in [6, 6.07) is 0. The van der Waals surface area contributed by atoms with Gasteiger partial charge in [0.1, 0.15) is 6.71 Å². The second kappa shape index (κ2) is 3.94. The van der Waals surface area contributed by atoms with E-state index in [2.05, 4.69) is 0 Å². The monoisotopic (exact) mass is 125 g/mol. The van der Waals surface area contributed by atoms with Crippen molar-refractivity contribution in [1.29, 1.82) is 0 Å². The van der Waals surface area contributed by atoms with Crippen LogP contribution in [0.3, 0.4) is 0 Å². The molecule has 1 saturated heterocycles. The van der Waals surface area contributed by atoms with Gasteiger partial charge in [-0.1, -0.05) is 38.2 Å². The van der Waals surface area contributed by atoms with Crippen molar-refractivity contribution in [2.24, 2.45) is 5.73 Å². The van der Waals surface area contributed by atoms with E-state index in [4.69, 9.17) is 5.73 Å². The van der Waals surface area contributed by atoms with Crippen LogP contribution in [-0.2, 0) is 0 Å². The molecule has 2 heteroatoms. The minimum absolute atomic E-state index is 0.894. The maximum atomic E-state index is 5.46. The molecule has 0 radical (unpaired) electrons. The molecule has 52 valence electrons. The Morgan fingerprint density at radius 2 is 1.78 bits per heavy atom. The highest BCUT2D eigenvalue weighted by Gasteiger charge is 2.15. The highest BCUT2D eigenvalue weighted by atomic mass is 14.5. The van der Waals surface area contributed by atoms with E-state index in [0.717, 1.165) is 13.3 Å². The normalized spacial score (nSPS) is 20.3. The molecular weight excluding hydrogens is 109 g/mol. The Morgan fingerprint density at radius 1 is 1.11 bits per heavy atom. The van der Waals surface area contributed by atoms with Crippen LogP contribution in [0.25, 0.3) is 0 Å². The average Bonchev–Trinajstić information content (AvgIpc) is 1.91. The number of hydrogen-bond donors (Lipinski definition) is 1. The topological polar surface area (TPSA) is 26.0 Å². The van der Waals surface area contributed by atoms with Crippen LogP contribution in [0, 0.1) is 0 Å². The van der Waals surface area contributed by atoms with Crippen molar-refractivity contribution in [3.8, 4) is 0 Å². The molecule has 0 aromatic heterocycles. The Labute approximate surface area is 58.1 Å². The van der Waals surface area contributed by atoms with Crippen LogP contribution in [-0.4, -0.2) is 13.3 Å². The Balaban J connectivity index is 2.08. The summed E-state index contributed by atoms with van der Waals surface area (Å²) in [5, 5.41) is 0. The van der Waals surface area contributed by atoms with Gasteiger partial charge in [-0.05, 0) is 6.54 Å². The third-order valence-electron chi connectivity index (χ3n) is 2.30. The third-order valence-corrected chi connectivity index (χ3v) is 2.30. The summed E-state index contributed by atoms with van der Waals surface area (Å²) in [4.78, 5) is 0. The van der Waals surface area contributed by atoms with Gasteiger partial charge in [0.25, 0.3) is 0 Å². The van der Waals surface area contributed by atoms with Crippen LogP contribution in [0.4, 0.5) is 0 Å². The van der Waals surface area contributed by atoms with Crippen molar-refractivity contribution >= 4 is 6.71 Å². The van der Waals surface area contributed by atoms with Gasteiger partial charge in [0.15, 0.2) is 0 Å². The number of nitrogens with two attached hydrogens (primary N) is 1. The second-order valence-corrected chi connectivity index (χ2v) is 3.08. The van der Waals surface area contributed by atoms with Gasteiger partial charge in [-0.15, -0.1) is 0 Å². The first-order valence-electron chi connectivity index (χ1n) is 4.13. The van der Waals surface area contributed by atoms with Crippen molar-refractivity contribution in [3.05, 3.63) is 0 Å². The van der Waals surface area contributed by atoms with E-state index in [-0.39, 0.29) is 0 Å². The van der Waals surface area contributed by atoms with Gasteiger partial charge in [0, 0.05) is 0 Å². The zero-order valence-corrected chi connectivity index (χ0v) is 6.10. The molecule has 0 unspecified atom stereocenters. The lowest BCUT2D eigenvalue weighted by molar-refractivity contribution is 0.719. The lowest BCUT2D eigenvalue weighted by Gasteiger charge is -2.16. The Hall–Kier alpha value is 0.0249. The maximum Gasteiger partial charge on any atom is 0.141 e. The van der Waals surface area contributed by atoms with E-state index in [1.54, 1.807) is 0 Å². The first-order chi connectivity index (χ1) is 4.43. The zero-order chi connectivity index (χ0) is 6.53. The predicted octanol–water partition coefficient (Wildman–Crippen LogP) is 1.62. The molecule has 1 aliphatic heterocycles. The fourth-order valence-electron chi connectivity index (χ4n) is 1.71. The summed E-state index contributed by atoms with van der Waals surface area (Å²) in [7, 11) is 0. The molecule has 0 aromatic carbocycles. The molecule has 1 fully saturated rings. The SMILES string of the molecule is NCCB1CCCCC1. The van der Waals surface area contributed by atoms with Crippen LogP contribution in [0.15, 0.2) is 0 Å². The highest BCUT2D eigenvalue weighted by molar-refractivity contribution is 6.59. The van der Waals surface area contributed by atoms with Crippen LogP contribution in [0.2, 0.25) is 19.0 Å². The largest absolute Gasteiger partial charge is 0.331 e. The van der Waals surface area contributed by atoms with Crippen LogP contribution in [0.5, 0.6) is 0 Å². The molecule has 1 heterocycles. The van der Waals surface area contributed by atoms with Crippen LogP contribution >= 0.6 is 0 Å². The molecule has 1 nitrogen and oxygen atoms in total. The van der Waals surface area contributed by atoms with E-state index in [1.807, 2.05) is 0 Å². The second-order valence-electron chi connectivity index (χ2n) is 3.08. The predicted molar refractivity (Wildman–Crippen MR) is 43.1 cm³/mol. The van der Waals surface area contributed by atoms with Gasteiger partial charge in [-0.2, -0.15) is 0 Å². The first kappa shape index (κ1) is 7.14. The molecule has 0 amide bonds. The fourth-order valence-corrected chi connectivity index (χ4v) is 1.71. The molecule has 0 saturated carbocycles. The summed E-state index contributed by atoms with van der Waals surface area (Å²) in [5.41, 5.74) is 5.46. The average molecular weight is 125 g/mol. The first-order valence-corrected chi connectivity index (χ1v) is 4.13. The molecule has 9 heavy (non-hydrogen) atoms. The minimum Gasteiger partial charge on any atom is -0.331 e. The van der Waals surface area contributed by atoms with E-state index < -0.39 is 0 Å². The molecule has 0 bridgehead atoms. The Bertz CT molecular complexity index is 66.6. The van der Waals surface area contributed by atoms with E-state index in [0.29, 0.717) is 0 Å². The number of rotatable bonds is 2. The summed E-state index contributed by atoms with van der Waals surface area (Å²) in [6.45, 7) is 1.87. The Morgan fingerprint density at radius 3 is 2.33 bits per heavy atom. The Kier molecular flexibility index (Phi) is 3.12. The molecule has 0 aromatic rings. The molecule has 1 rings (SSSR count). The van der Waals surface area contributed by atoms with Crippen LogP contribution in [0.1, 0.15) is 19.3 Å². The summed E-state index contributed by atoms with van der Waals surface area (Å²) < 4.78 is 0. The summed E-state index contributed by atoms with van der Waals surface area (Å²) >= 11 is 0. The van der Waals surface area contributed by atoms with Gasteiger partial charge in [0.05, 0.1) is 0 Å². The molecule has 0 spiro atoms. The van der Waals surface area contributed by atoms with Crippen LogP contribution < -0.4 is 5.73 Å². The quantitative estimate of drug-likeness (QED) is 0.557. The minimum atomic E-state index is 0.894. The highest BCUT2D eigenvalue weighted by Crippen LogP contribution is 2.20. The van der Waals surface area contributed by atoms with Crippen molar-refractivity contribution in [2.45, 2.75) is 38.2 Å². The van der Waals surface area contributed by atoms with Crippen molar-refractivity contribution < 1.29 is 0 Å². The number of hydrogen-bond acceptors (Lipinski definition) is 1. The zero-order valence-electron chi connectivity index (χ0n) is 6.10. The van der Waals surface area contributed by atoms with Gasteiger partial charge in [-0.3, -0.25) is 0 Å². The maximum absolute atomic E-state index is 5.46. The summed E-state index contributed by atoms with van der Waals surface area (Å²) in [6.07, 6.45) is 8.50. The van der Waals surface area contributed by atoms with Gasteiger partial charge in [-0.25, -0.2) is 0 Å². The molecule has 0 atom stereocenters. The molecular formula is C7H16BN. The molecule has 1 aliphatic rings. The van der Waals surface area contributed by atoms with Gasteiger partial charge in [0.2, 0.25) is 0 Å². The third kappa shape index (κ3) is 2.40. The molecule has 0 aliphatic carbocycles. The van der Waals surface area contributed by atoms with E-state index in [1.165, 1.54) is 38.2 Å².